The number of thioether (sulfide) groups is 1. The molecule has 0 N–H and O–H groups in total. The van der Waals surface area contributed by atoms with E-state index in [9.17, 15) is 0 Å². The molecular formula is C46H32N2S. The van der Waals surface area contributed by atoms with E-state index in [1.54, 1.807) is 0 Å². The Bertz CT molecular complexity index is 2490. The number of hydrogen-bond acceptors (Lipinski definition) is 3. The Morgan fingerprint density at radius 2 is 1.27 bits per heavy atom. The van der Waals surface area contributed by atoms with Crippen LogP contribution in [0.4, 0.5) is 0 Å². The first kappa shape index (κ1) is 28.5. The van der Waals surface area contributed by atoms with E-state index in [4.69, 9.17) is 9.97 Å². The molecule has 2 heterocycles. The van der Waals surface area contributed by atoms with Crippen molar-refractivity contribution < 1.29 is 0 Å². The molecule has 2 nitrogen and oxygen atoms in total. The van der Waals surface area contributed by atoms with Gasteiger partial charge in [-0.25, -0.2) is 9.97 Å². The number of hydrogen-bond donors (Lipinski definition) is 0. The average molecular weight is 645 g/mol. The molecule has 0 amide bonds. The molecule has 6 aromatic carbocycles. The van der Waals surface area contributed by atoms with E-state index in [0.29, 0.717) is 11.2 Å². The largest absolute Gasteiger partial charge is 0.228 e. The molecule has 0 radical (unpaired) electrons. The van der Waals surface area contributed by atoms with Gasteiger partial charge in [-0.2, -0.15) is 0 Å². The zero-order valence-corrected chi connectivity index (χ0v) is 27.9. The molecule has 3 atom stereocenters. The molecule has 3 heteroatoms. The van der Waals surface area contributed by atoms with Crippen molar-refractivity contribution in [1.82, 2.24) is 9.97 Å². The lowest BCUT2D eigenvalue weighted by molar-refractivity contribution is 0.609. The van der Waals surface area contributed by atoms with Crippen LogP contribution in [0.25, 0.3) is 55.8 Å². The first-order chi connectivity index (χ1) is 24.2. The third-order valence-corrected chi connectivity index (χ3v) is 12.2. The second-order valence-electron chi connectivity index (χ2n) is 13.3. The summed E-state index contributed by atoms with van der Waals surface area (Å²) in [6, 6.07) is 52.7. The van der Waals surface area contributed by atoms with Gasteiger partial charge in [-0.15, -0.1) is 11.8 Å². The predicted molar refractivity (Wildman–Crippen MR) is 204 cm³/mol. The van der Waals surface area contributed by atoms with Gasteiger partial charge in [0, 0.05) is 26.7 Å². The monoisotopic (exact) mass is 644 g/mol. The van der Waals surface area contributed by atoms with Crippen LogP contribution in [0.2, 0.25) is 0 Å². The number of rotatable bonds is 3. The van der Waals surface area contributed by atoms with E-state index in [1.807, 2.05) is 23.9 Å². The van der Waals surface area contributed by atoms with Crippen molar-refractivity contribution in [2.45, 2.75) is 22.5 Å². The lowest BCUT2D eigenvalue weighted by atomic mass is 9.62. The standard InChI is InChI=1S/C46H32N2S/c1-29-13-11-22-39-44(29)49-41-24-10-8-21-38(41)46(39)37-20-7-5-16-34(37)35-19-12-18-33(42(35)46)30-25-27-32(28-26-30)45-47-40-23-9-6-17-36(40)43(48-45)31-14-3-2-4-15-31/h2-29,44H,1H3. The van der Waals surface area contributed by atoms with Gasteiger partial charge in [-0.3, -0.25) is 0 Å². The van der Waals surface area contributed by atoms with Crippen LogP contribution in [0, 0.1) is 5.92 Å². The van der Waals surface area contributed by atoms with E-state index >= 15 is 0 Å². The molecule has 1 spiro atoms. The minimum absolute atomic E-state index is 0.359. The van der Waals surface area contributed by atoms with Gasteiger partial charge in [-0.05, 0) is 62.6 Å². The average Bonchev–Trinajstić information content (AvgIpc) is 3.46. The molecule has 0 bridgehead atoms. The van der Waals surface area contributed by atoms with Gasteiger partial charge >= 0.3 is 0 Å². The number of nitrogens with zero attached hydrogens (tertiary/aromatic N) is 2. The SMILES string of the molecule is CC1C=CC=C2C1Sc1ccccc1C21c2ccccc2-c2cccc(-c3ccc(-c4nc(-c5ccccc5)c5ccccc5n4)cc3)c21. The maximum atomic E-state index is 5.15. The number of aromatic nitrogens is 2. The molecule has 232 valence electrons. The number of fused-ring (bicyclic) bond motifs is 10. The summed E-state index contributed by atoms with van der Waals surface area (Å²) in [7, 11) is 0. The molecule has 49 heavy (non-hydrogen) atoms. The number of para-hydroxylation sites is 1. The summed E-state index contributed by atoms with van der Waals surface area (Å²) in [5.74, 6) is 1.17. The van der Waals surface area contributed by atoms with Crippen LogP contribution >= 0.6 is 11.8 Å². The van der Waals surface area contributed by atoms with E-state index < -0.39 is 0 Å². The highest BCUT2D eigenvalue weighted by molar-refractivity contribution is 8.00. The molecule has 3 unspecified atom stereocenters. The molecule has 0 saturated carbocycles. The van der Waals surface area contributed by atoms with E-state index in [1.165, 1.54) is 49.4 Å². The minimum Gasteiger partial charge on any atom is -0.228 e. The third kappa shape index (κ3) is 4.15. The van der Waals surface area contributed by atoms with Gasteiger partial charge < -0.3 is 0 Å². The van der Waals surface area contributed by atoms with Crippen molar-refractivity contribution in [2.24, 2.45) is 5.92 Å². The number of allylic oxidation sites excluding steroid dienone is 3. The van der Waals surface area contributed by atoms with Crippen LogP contribution in [0.15, 0.2) is 174 Å². The van der Waals surface area contributed by atoms with Crippen molar-refractivity contribution in [1.29, 1.82) is 0 Å². The Kier molecular flexibility index (Phi) is 6.41. The van der Waals surface area contributed by atoms with Crippen LogP contribution in [0.1, 0.15) is 23.6 Å². The molecular weight excluding hydrogens is 613 g/mol. The second-order valence-corrected chi connectivity index (χ2v) is 14.5. The summed E-state index contributed by atoms with van der Waals surface area (Å²) in [5, 5.41) is 1.42. The molecule has 0 fully saturated rings. The Hall–Kier alpha value is -5.51. The van der Waals surface area contributed by atoms with Gasteiger partial charge in [0.1, 0.15) is 0 Å². The quantitative estimate of drug-likeness (QED) is 0.191. The summed E-state index contributed by atoms with van der Waals surface area (Å²) in [4.78, 5) is 11.6. The molecule has 1 aromatic heterocycles. The summed E-state index contributed by atoms with van der Waals surface area (Å²) in [6.45, 7) is 2.37. The smallest absolute Gasteiger partial charge is 0.160 e. The van der Waals surface area contributed by atoms with Crippen LogP contribution < -0.4 is 0 Å². The molecule has 7 aromatic rings. The fourth-order valence-electron chi connectivity index (χ4n) is 8.50. The van der Waals surface area contributed by atoms with Gasteiger partial charge in [0.2, 0.25) is 0 Å². The van der Waals surface area contributed by atoms with Crippen molar-refractivity contribution in [3.8, 4) is 44.9 Å². The van der Waals surface area contributed by atoms with Crippen LogP contribution in [-0.4, -0.2) is 15.2 Å². The van der Waals surface area contributed by atoms with Crippen molar-refractivity contribution in [2.75, 3.05) is 0 Å². The lowest BCUT2D eigenvalue weighted by Crippen LogP contribution is -2.40. The Morgan fingerprint density at radius 3 is 2.14 bits per heavy atom. The Morgan fingerprint density at radius 1 is 0.571 bits per heavy atom. The first-order valence-corrected chi connectivity index (χ1v) is 17.9. The van der Waals surface area contributed by atoms with Gasteiger partial charge in [0.15, 0.2) is 5.82 Å². The van der Waals surface area contributed by atoms with Gasteiger partial charge in [-0.1, -0.05) is 159 Å². The second kappa shape index (κ2) is 11.0. The molecule has 1 aliphatic heterocycles. The summed E-state index contributed by atoms with van der Waals surface area (Å²) < 4.78 is 0. The van der Waals surface area contributed by atoms with Gasteiger partial charge in [0.25, 0.3) is 0 Å². The zero-order chi connectivity index (χ0) is 32.5. The fourth-order valence-corrected chi connectivity index (χ4v) is 9.96. The highest BCUT2D eigenvalue weighted by atomic mass is 32.2. The summed E-state index contributed by atoms with van der Waals surface area (Å²) in [6.07, 6.45) is 7.08. The topological polar surface area (TPSA) is 25.8 Å². The molecule has 3 aliphatic rings. The highest BCUT2D eigenvalue weighted by Gasteiger charge is 2.54. The predicted octanol–water partition coefficient (Wildman–Crippen LogP) is 11.6. The third-order valence-electron chi connectivity index (χ3n) is 10.6. The van der Waals surface area contributed by atoms with Crippen molar-refractivity contribution in [3.05, 3.63) is 186 Å². The van der Waals surface area contributed by atoms with E-state index in [-0.39, 0.29) is 5.41 Å². The van der Waals surface area contributed by atoms with Crippen molar-refractivity contribution in [3.63, 3.8) is 0 Å². The maximum absolute atomic E-state index is 5.15. The Balaban J connectivity index is 1.18. The normalized spacial score (nSPS) is 20.0. The van der Waals surface area contributed by atoms with Crippen LogP contribution in [-0.2, 0) is 5.41 Å². The van der Waals surface area contributed by atoms with Crippen LogP contribution in [0.3, 0.4) is 0 Å². The van der Waals surface area contributed by atoms with Crippen molar-refractivity contribution >= 4 is 22.7 Å². The maximum Gasteiger partial charge on any atom is 0.160 e. The Labute approximate surface area is 290 Å². The number of benzene rings is 6. The lowest BCUT2D eigenvalue weighted by Gasteiger charge is -2.47. The minimum atomic E-state index is -0.376. The summed E-state index contributed by atoms with van der Waals surface area (Å²) >= 11 is 2.03. The first-order valence-electron chi connectivity index (χ1n) is 17.0. The molecule has 0 saturated heterocycles. The highest BCUT2D eigenvalue weighted by Crippen LogP contribution is 2.65. The zero-order valence-electron chi connectivity index (χ0n) is 27.0. The molecule has 2 aliphatic carbocycles. The summed E-state index contributed by atoms with van der Waals surface area (Å²) in [5.41, 5.74) is 14.4. The van der Waals surface area contributed by atoms with Crippen LogP contribution in [0.5, 0.6) is 0 Å². The van der Waals surface area contributed by atoms with Gasteiger partial charge in [0.05, 0.1) is 16.6 Å². The van der Waals surface area contributed by atoms with E-state index in [0.717, 1.165) is 33.5 Å². The fraction of sp³-hybridized carbons (Fsp3) is 0.0870. The molecule has 10 rings (SSSR count). The van der Waals surface area contributed by atoms with E-state index in [2.05, 4.69) is 159 Å².